The Bertz CT molecular complexity index is 407. The first-order valence-corrected chi connectivity index (χ1v) is 6.77. The van der Waals surface area contributed by atoms with Crippen LogP contribution < -0.4 is 5.32 Å². The smallest absolute Gasteiger partial charge is 0.251 e. The molecule has 0 aliphatic heterocycles. The van der Waals surface area contributed by atoms with Crippen molar-refractivity contribution in [2.75, 3.05) is 19.8 Å². The van der Waals surface area contributed by atoms with Crippen LogP contribution in [0.4, 0.5) is 4.39 Å². The fourth-order valence-electron chi connectivity index (χ4n) is 1.70. The van der Waals surface area contributed by atoms with Crippen molar-refractivity contribution < 1.29 is 13.9 Å². The number of aryl methyl sites for hydroxylation is 1. The summed E-state index contributed by atoms with van der Waals surface area (Å²) in [6.07, 6.45) is 2.98. The Balaban J connectivity index is 2.24. The van der Waals surface area contributed by atoms with E-state index in [2.05, 4.69) is 12.2 Å². The van der Waals surface area contributed by atoms with Crippen LogP contribution in [0.25, 0.3) is 0 Å². The van der Waals surface area contributed by atoms with E-state index in [9.17, 15) is 9.18 Å². The van der Waals surface area contributed by atoms with Crippen molar-refractivity contribution in [3.05, 3.63) is 35.1 Å². The number of benzene rings is 1. The van der Waals surface area contributed by atoms with Crippen LogP contribution in [-0.2, 0) is 4.74 Å². The maximum Gasteiger partial charge on any atom is 0.251 e. The first-order valence-electron chi connectivity index (χ1n) is 6.77. The van der Waals surface area contributed by atoms with Crippen molar-refractivity contribution in [1.29, 1.82) is 0 Å². The summed E-state index contributed by atoms with van der Waals surface area (Å²) in [6, 6.07) is 4.18. The fraction of sp³-hybridized carbons (Fsp3) is 0.533. The van der Waals surface area contributed by atoms with Crippen molar-refractivity contribution >= 4 is 5.91 Å². The van der Waals surface area contributed by atoms with Gasteiger partial charge in [0.15, 0.2) is 0 Å². The summed E-state index contributed by atoms with van der Waals surface area (Å²) in [5.74, 6) is -0.482. The van der Waals surface area contributed by atoms with Gasteiger partial charge in [-0.3, -0.25) is 4.79 Å². The van der Waals surface area contributed by atoms with Gasteiger partial charge in [0, 0.05) is 25.3 Å². The number of ether oxygens (including phenoxy) is 1. The Hall–Kier alpha value is -1.42. The molecule has 1 aromatic rings. The Morgan fingerprint density at radius 3 is 2.74 bits per heavy atom. The number of carbonyl (C=O) groups excluding carboxylic acids is 1. The molecule has 3 nitrogen and oxygen atoms in total. The number of carbonyl (C=O) groups is 1. The fourth-order valence-corrected chi connectivity index (χ4v) is 1.70. The number of amides is 1. The molecule has 0 aromatic heterocycles. The number of halogens is 1. The molecule has 1 rings (SSSR count). The molecule has 0 saturated carbocycles. The molecule has 19 heavy (non-hydrogen) atoms. The van der Waals surface area contributed by atoms with Crippen LogP contribution >= 0.6 is 0 Å². The molecule has 4 heteroatoms. The molecule has 0 atom stereocenters. The highest BCUT2D eigenvalue weighted by Crippen LogP contribution is 2.09. The summed E-state index contributed by atoms with van der Waals surface area (Å²) in [7, 11) is 0. The van der Waals surface area contributed by atoms with E-state index in [0.717, 1.165) is 25.9 Å². The second-order valence-electron chi connectivity index (χ2n) is 4.53. The zero-order valence-electron chi connectivity index (χ0n) is 11.7. The zero-order valence-corrected chi connectivity index (χ0v) is 11.7. The summed E-state index contributed by atoms with van der Waals surface area (Å²) >= 11 is 0. The Kier molecular flexibility index (Phi) is 7.11. The van der Waals surface area contributed by atoms with Crippen LogP contribution in [0.5, 0.6) is 0 Å². The van der Waals surface area contributed by atoms with Gasteiger partial charge in [-0.1, -0.05) is 13.3 Å². The number of unbranched alkanes of at least 4 members (excludes halogenated alkanes) is 1. The standard InChI is InChI=1S/C15H22FNO2/c1-3-4-9-19-10-5-8-17-15(18)14-7-6-13(16)11-12(14)2/h6-7,11H,3-5,8-10H2,1-2H3,(H,17,18). The first-order chi connectivity index (χ1) is 9.15. The number of nitrogens with one attached hydrogen (secondary N) is 1. The highest BCUT2D eigenvalue weighted by molar-refractivity contribution is 5.95. The van der Waals surface area contributed by atoms with E-state index in [0.29, 0.717) is 24.3 Å². The summed E-state index contributed by atoms with van der Waals surface area (Å²) in [5, 5.41) is 2.81. The molecule has 1 amide bonds. The molecule has 0 fully saturated rings. The maximum atomic E-state index is 12.9. The van der Waals surface area contributed by atoms with Crippen LogP contribution in [0, 0.1) is 12.7 Å². The van der Waals surface area contributed by atoms with Crippen LogP contribution in [0.2, 0.25) is 0 Å². The van der Waals surface area contributed by atoms with Gasteiger partial charge in [0.05, 0.1) is 0 Å². The number of hydrogen-bond acceptors (Lipinski definition) is 2. The molecular formula is C15H22FNO2. The minimum Gasteiger partial charge on any atom is -0.381 e. The van der Waals surface area contributed by atoms with Gasteiger partial charge in [0.1, 0.15) is 5.82 Å². The van der Waals surface area contributed by atoms with E-state index in [1.165, 1.54) is 18.2 Å². The minimum absolute atomic E-state index is 0.161. The molecule has 0 heterocycles. The van der Waals surface area contributed by atoms with Crippen molar-refractivity contribution in [3.8, 4) is 0 Å². The predicted octanol–water partition coefficient (Wildman–Crippen LogP) is 3.07. The van der Waals surface area contributed by atoms with E-state index < -0.39 is 0 Å². The topological polar surface area (TPSA) is 38.3 Å². The third-order valence-corrected chi connectivity index (χ3v) is 2.83. The summed E-state index contributed by atoms with van der Waals surface area (Å²) in [6.45, 7) is 5.85. The average Bonchev–Trinajstić information content (AvgIpc) is 2.37. The second kappa shape index (κ2) is 8.64. The highest BCUT2D eigenvalue weighted by atomic mass is 19.1. The maximum absolute atomic E-state index is 12.9. The lowest BCUT2D eigenvalue weighted by Crippen LogP contribution is -2.26. The van der Waals surface area contributed by atoms with E-state index in [1.54, 1.807) is 6.92 Å². The van der Waals surface area contributed by atoms with Gasteiger partial charge >= 0.3 is 0 Å². The quantitative estimate of drug-likeness (QED) is 0.735. The van der Waals surface area contributed by atoms with E-state index in [1.807, 2.05) is 0 Å². The van der Waals surface area contributed by atoms with Crippen LogP contribution in [-0.4, -0.2) is 25.7 Å². The minimum atomic E-state index is -0.321. The lowest BCUT2D eigenvalue weighted by atomic mass is 10.1. The molecule has 0 saturated heterocycles. The third kappa shape index (κ3) is 5.83. The van der Waals surface area contributed by atoms with Crippen molar-refractivity contribution in [2.45, 2.75) is 33.1 Å². The van der Waals surface area contributed by atoms with Gasteiger partial charge in [0.2, 0.25) is 0 Å². The average molecular weight is 267 g/mol. The molecule has 106 valence electrons. The molecular weight excluding hydrogens is 245 g/mol. The molecule has 1 aromatic carbocycles. The Labute approximate surface area is 114 Å². The van der Waals surface area contributed by atoms with Gasteiger partial charge in [-0.2, -0.15) is 0 Å². The summed E-state index contributed by atoms with van der Waals surface area (Å²) in [5.41, 5.74) is 1.17. The zero-order chi connectivity index (χ0) is 14.1. The van der Waals surface area contributed by atoms with Crippen molar-refractivity contribution in [1.82, 2.24) is 5.32 Å². The third-order valence-electron chi connectivity index (χ3n) is 2.83. The van der Waals surface area contributed by atoms with Gasteiger partial charge < -0.3 is 10.1 Å². The normalized spacial score (nSPS) is 10.5. The van der Waals surface area contributed by atoms with Crippen LogP contribution in [0.1, 0.15) is 42.1 Å². The van der Waals surface area contributed by atoms with Crippen molar-refractivity contribution in [3.63, 3.8) is 0 Å². The first kappa shape index (κ1) is 15.6. The molecule has 0 bridgehead atoms. The highest BCUT2D eigenvalue weighted by Gasteiger charge is 2.08. The predicted molar refractivity (Wildman–Crippen MR) is 73.8 cm³/mol. The van der Waals surface area contributed by atoms with Gasteiger partial charge in [-0.25, -0.2) is 4.39 Å². The van der Waals surface area contributed by atoms with Crippen molar-refractivity contribution in [2.24, 2.45) is 0 Å². The molecule has 0 radical (unpaired) electrons. The molecule has 0 aliphatic carbocycles. The largest absolute Gasteiger partial charge is 0.381 e. The van der Waals surface area contributed by atoms with E-state index >= 15 is 0 Å². The van der Waals surface area contributed by atoms with Gasteiger partial charge in [0.25, 0.3) is 5.91 Å². The number of rotatable bonds is 8. The summed E-state index contributed by atoms with van der Waals surface area (Å²) in [4.78, 5) is 11.8. The second-order valence-corrected chi connectivity index (χ2v) is 4.53. The van der Waals surface area contributed by atoms with Gasteiger partial charge in [-0.15, -0.1) is 0 Å². The molecule has 0 unspecified atom stereocenters. The molecule has 0 aliphatic rings. The van der Waals surface area contributed by atoms with E-state index in [-0.39, 0.29) is 11.7 Å². The van der Waals surface area contributed by atoms with Gasteiger partial charge in [-0.05, 0) is 43.5 Å². The molecule has 1 N–H and O–H groups in total. The lowest BCUT2D eigenvalue weighted by molar-refractivity contribution is 0.0940. The SMILES string of the molecule is CCCCOCCCNC(=O)c1ccc(F)cc1C. The monoisotopic (exact) mass is 267 g/mol. The lowest BCUT2D eigenvalue weighted by Gasteiger charge is -2.08. The number of hydrogen-bond donors (Lipinski definition) is 1. The summed E-state index contributed by atoms with van der Waals surface area (Å²) < 4.78 is 18.3. The van der Waals surface area contributed by atoms with Crippen LogP contribution in [0.3, 0.4) is 0 Å². The molecule has 0 spiro atoms. The van der Waals surface area contributed by atoms with Crippen LogP contribution in [0.15, 0.2) is 18.2 Å². The van der Waals surface area contributed by atoms with E-state index in [4.69, 9.17) is 4.74 Å². The Morgan fingerprint density at radius 2 is 2.05 bits per heavy atom. The Morgan fingerprint density at radius 1 is 1.32 bits per heavy atom.